The van der Waals surface area contributed by atoms with Gasteiger partial charge < -0.3 is 30.7 Å². The van der Waals surface area contributed by atoms with Crippen LogP contribution in [0.1, 0.15) is 24.1 Å². The lowest BCUT2D eigenvalue weighted by atomic mass is 10.0. The number of nitrogens with one attached hydrogen (secondary N) is 2. The number of nitrogens with zero attached hydrogens (tertiary/aromatic N) is 4. The summed E-state index contributed by atoms with van der Waals surface area (Å²) in [7, 11) is 1.59. The minimum Gasteiger partial charge on any atom is -0.399 e. The predicted octanol–water partition coefficient (Wildman–Crippen LogP) is 3.69. The molecule has 0 radical (unpaired) electrons. The number of methoxy groups -OCH3 is 1. The molecule has 0 saturated carbocycles. The van der Waals surface area contributed by atoms with Gasteiger partial charge in [-0.3, -0.25) is 0 Å². The Balaban J connectivity index is 1.70. The number of hydrogen-bond donors (Lipinski definition) is 3. The average molecular weight is 492 g/mol. The fraction of sp³-hybridized carbons (Fsp3) is 0.435. The van der Waals surface area contributed by atoms with Crippen molar-refractivity contribution in [2.45, 2.75) is 19.1 Å². The summed E-state index contributed by atoms with van der Waals surface area (Å²) >= 11 is 0. The molecular formula is C23H28F3N7O2. The van der Waals surface area contributed by atoms with Crippen LogP contribution in [0, 0.1) is 0 Å². The molecule has 1 atom stereocenters. The van der Waals surface area contributed by atoms with E-state index in [1.807, 2.05) is 6.07 Å². The molecule has 1 aliphatic rings. The molecule has 0 aliphatic carbocycles. The summed E-state index contributed by atoms with van der Waals surface area (Å²) in [5, 5.41) is 7.05. The van der Waals surface area contributed by atoms with Crippen LogP contribution < -0.4 is 21.3 Å². The minimum atomic E-state index is -4.50. The molecule has 0 amide bonds. The number of morpholine rings is 1. The van der Waals surface area contributed by atoms with E-state index in [-0.39, 0.29) is 5.69 Å². The first-order chi connectivity index (χ1) is 16.7. The van der Waals surface area contributed by atoms with Gasteiger partial charge in [0.2, 0.25) is 5.95 Å². The Kier molecular flexibility index (Phi) is 7.41. The highest BCUT2D eigenvalue weighted by Gasteiger charge is 2.31. The Morgan fingerprint density at radius 1 is 1.17 bits per heavy atom. The van der Waals surface area contributed by atoms with E-state index in [4.69, 9.17) is 15.2 Å². The molecule has 1 unspecified atom stereocenters. The van der Waals surface area contributed by atoms with Gasteiger partial charge in [0.15, 0.2) is 0 Å². The van der Waals surface area contributed by atoms with Gasteiger partial charge in [-0.25, -0.2) is 9.97 Å². The number of alkyl halides is 3. The number of nitrogens with two attached hydrogens (primary N) is 1. The molecule has 2 aromatic heterocycles. The van der Waals surface area contributed by atoms with Gasteiger partial charge in [-0.2, -0.15) is 18.2 Å². The number of ether oxygens (including phenoxy) is 2. The van der Waals surface area contributed by atoms with Gasteiger partial charge in [0.05, 0.1) is 43.1 Å². The van der Waals surface area contributed by atoms with Gasteiger partial charge in [0.1, 0.15) is 11.6 Å². The summed E-state index contributed by atoms with van der Waals surface area (Å²) in [5.74, 6) is 1.58. The number of pyridine rings is 1. The van der Waals surface area contributed by atoms with E-state index in [1.165, 1.54) is 6.07 Å². The van der Waals surface area contributed by atoms with Crippen molar-refractivity contribution in [3.05, 3.63) is 41.6 Å². The first-order valence-electron chi connectivity index (χ1n) is 11.2. The number of fused-ring (bicyclic) bond motifs is 1. The number of nitrogen functional groups attached to an aromatic ring is 1. The zero-order valence-electron chi connectivity index (χ0n) is 19.5. The van der Waals surface area contributed by atoms with Crippen LogP contribution in [0.15, 0.2) is 30.5 Å². The third kappa shape index (κ3) is 6.01. The molecule has 9 nitrogen and oxygen atoms in total. The summed E-state index contributed by atoms with van der Waals surface area (Å²) in [6.45, 7) is 5.33. The normalized spacial score (nSPS) is 15.3. The Hall–Kier alpha value is -3.38. The van der Waals surface area contributed by atoms with Crippen molar-refractivity contribution in [1.29, 1.82) is 0 Å². The van der Waals surface area contributed by atoms with Crippen molar-refractivity contribution in [2.75, 3.05) is 67.8 Å². The maximum Gasteiger partial charge on any atom is 0.416 e. The smallest absolute Gasteiger partial charge is 0.399 e. The highest BCUT2D eigenvalue weighted by atomic mass is 19.4. The van der Waals surface area contributed by atoms with Crippen LogP contribution in [-0.2, 0) is 15.7 Å². The standard InChI is InChI=1S/C23H28F3N7O2/c1-14(15-9-16(23(24,25)26)11-17(27)10-15)30-21-18-12-20(33-4-7-35-8-5-33)29-13-19(18)31-22(32-21)28-3-6-34-2/h9-14H,3-8,27H2,1-2H3,(H2,28,30,31,32). The van der Waals surface area contributed by atoms with Crippen molar-refractivity contribution in [3.63, 3.8) is 0 Å². The minimum absolute atomic E-state index is 0.0387. The van der Waals surface area contributed by atoms with Gasteiger partial charge in [0, 0.05) is 37.8 Å². The van der Waals surface area contributed by atoms with Crippen LogP contribution >= 0.6 is 0 Å². The van der Waals surface area contributed by atoms with Crippen molar-refractivity contribution >= 4 is 34.2 Å². The summed E-state index contributed by atoms with van der Waals surface area (Å²) in [5.41, 5.74) is 6.00. The van der Waals surface area contributed by atoms with Crippen molar-refractivity contribution in [3.8, 4) is 0 Å². The molecule has 1 saturated heterocycles. The first kappa shape index (κ1) is 24.7. The quantitative estimate of drug-likeness (QED) is 0.321. The van der Waals surface area contributed by atoms with Crippen molar-refractivity contribution in [1.82, 2.24) is 15.0 Å². The van der Waals surface area contributed by atoms with E-state index in [0.717, 1.165) is 18.0 Å². The van der Waals surface area contributed by atoms with E-state index < -0.39 is 17.8 Å². The topological polar surface area (TPSA) is 110 Å². The lowest BCUT2D eigenvalue weighted by Crippen LogP contribution is -2.36. The van der Waals surface area contributed by atoms with E-state index in [2.05, 4.69) is 30.5 Å². The third-order valence-corrected chi connectivity index (χ3v) is 5.65. The highest BCUT2D eigenvalue weighted by Crippen LogP contribution is 2.34. The van der Waals surface area contributed by atoms with Crippen LogP contribution in [0.25, 0.3) is 10.9 Å². The van der Waals surface area contributed by atoms with E-state index in [9.17, 15) is 13.2 Å². The predicted molar refractivity (Wildman–Crippen MR) is 129 cm³/mol. The van der Waals surface area contributed by atoms with Crippen molar-refractivity contribution in [2.24, 2.45) is 0 Å². The zero-order valence-corrected chi connectivity index (χ0v) is 19.5. The zero-order chi connectivity index (χ0) is 25.0. The van der Waals surface area contributed by atoms with Crippen LogP contribution in [-0.4, -0.2) is 61.5 Å². The molecule has 4 N–H and O–H groups in total. The lowest BCUT2D eigenvalue weighted by molar-refractivity contribution is -0.137. The van der Waals surface area contributed by atoms with E-state index >= 15 is 0 Å². The Bertz CT molecular complexity index is 1170. The monoisotopic (exact) mass is 491 g/mol. The number of anilines is 4. The summed E-state index contributed by atoms with van der Waals surface area (Å²) in [6, 6.07) is 4.90. The molecule has 35 heavy (non-hydrogen) atoms. The summed E-state index contributed by atoms with van der Waals surface area (Å²) < 4.78 is 50.5. The van der Waals surface area contributed by atoms with Gasteiger partial charge in [-0.1, -0.05) is 0 Å². The van der Waals surface area contributed by atoms with Gasteiger partial charge >= 0.3 is 6.18 Å². The van der Waals surface area contributed by atoms with Crippen LogP contribution in [0.2, 0.25) is 0 Å². The SMILES string of the molecule is COCCNc1nc(NC(C)c2cc(N)cc(C(F)(F)F)c2)c2cc(N3CCOCC3)ncc2n1. The van der Waals surface area contributed by atoms with Gasteiger partial charge in [-0.05, 0) is 36.8 Å². The Labute approximate surface area is 200 Å². The van der Waals surface area contributed by atoms with Crippen LogP contribution in [0.5, 0.6) is 0 Å². The van der Waals surface area contributed by atoms with E-state index in [1.54, 1.807) is 20.2 Å². The lowest BCUT2D eigenvalue weighted by Gasteiger charge is -2.28. The summed E-state index contributed by atoms with van der Waals surface area (Å²) in [4.78, 5) is 15.8. The van der Waals surface area contributed by atoms with Crippen LogP contribution in [0.4, 0.5) is 36.4 Å². The second-order valence-electron chi connectivity index (χ2n) is 8.23. The largest absolute Gasteiger partial charge is 0.416 e. The highest BCUT2D eigenvalue weighted by molar-refractivity contribution is 5.91. The molecule has 0 spiro atoms. The maximum absolute atomic E-state index is 13.3. The number of hydrogen-bond acceptors (Lipinski definition) is 9. The molecule has 1 fully saturated rings. The third-order valence-electron chi connectivity index (χ3n) is 5.65. The fourth-order valence-electron chi connectivity index (χ4n) is 3.82. The second-order valence-corrected chi connectivity index (χ2v) is 8.23. The molecule has 0 bridgehead atoms. The molecule has 12 heteroatoms. The van der Waals surface area contributed by atoms with Crippen molar-refractivity contribution < 1.29 is 22.6 Å². The van der Waals surface area contributed by atoms with Gasteiger partial charge in [-0.15, -0.1) is 0 Å². The molecule has 3 aromatic rings. The second kappa shape index (κ2) is 10.5. The van der Waals surface area contributed by atoms with E-state index in [0.29, 0.717) is 67.7 Å². The average Bonchev–Trinajstić information content (AvgIpc) is 2.83. The molecule has 4 rings (SSSR count). The number of rotatable bonds is 8. The Morgan fingerprint density at radius 2 is 1.94 bits per heavy atom. The molecular weight excluding hydrogens is 463 g/mol. The van der Waals surface area contributed by atoms with Crippen LogP contribution in [0.3, 0.4) is 0 Å². The molecule has 188 valence electrons. The first-order valence-corrected chi connectivity index (χ1v) is 11.2. The summed E-state index contributed by atoms with van der Waals surface area (Å²) in [6.07, 6.45) is -2.83. The molecule has 1 aromatic carbocycles. The maximum atomic E-state index is 13.3. The Morgan fingerprint density at radius 3 is 2.66 bits per heavy atom. The number of halogens is 3. The number of benzene rings is 1. The molecule has 1 aliphatic heterocycles. The number of aromatic nitrogens is 3. The molecule has 3 heterocycles. The van der Waals surface area contributed by atoms with Gasteiger partial charge in [0.25, 0.3) is 0 Å². The fourth-order valence-corrected chi connectivity index (χ4v) is 3.82.